The van der Waals surface area contributed by atoms with Crippen molar-refractivity contribution in [3.05, 3.63) is 77.0 Å². The fraction of sp³-hybridized carbons (Fsp3) is 0.0952. The monoisotopic (exact) mass is 389 g/mol. The molecule has 0 aliphatic carbocycles. The summed E-state index contributed by atoms with van der Waals surface area (Å²) in [6, 6.07) is 20.3. The van der Waals surface area contributed by atoms with Gasteiger partial charge in [-0.15, -0.1) is 22.7 Å². The minimum Gasteiger partial charge on any atom is -0.280 e. The van der Waals surface area contributed by atoms with E-state index in [-0.39, 0.29) is 11.9 Å². The van der Waals surface area contributed by atoms with Gasteiger partial charge in [-0.25, -0.2) is 9.97 Å². The Morgan fingerprint density at radius 1 is 0.852 bits per heavy atom. The number of carbonyl (C=O) groups is 1. The molecule has 1 saturated heterocycles. The third-order valence-corrected chi connectivity index (χ3v) is 6.33. The first-order chi connectivity index (χ1) is 13.3. The highest BCUT2D eigenvalue weighted by atomic mass is 32.1. The third-order valence-electron chi connectivity index (χ3n) is 4.62. The summed E-state index contributed by atoms with van der Waals surface area (Å²) in [7, 11) is 0. The Morgan fingerprint density at radius 2 is 1.56 bits per heavy atom. The number of amides is 1. The zero-order valence-corrected chi connectivity index (χ0v) is 15.9. The van der Waals surface area contributed by atoms with Crippen LogP contribution in [0.25, 0.3) is 22.0 Å². The summed E-state index contributed by atoms with van der Waals surface area (Å²) in [5.74, 6) is 0.119. The fourth-order valence-corrected chi connectivity index (χ4v) is 4.94. The van der Waals surface area contributed by atoms with Crippen LogP contribution in [0.2, 0.25) is 0 Å². The number of carbonyl (C=O) groups excluding carboxylic acids is 1. The molecule has 5 rings (SSSR count). The lowest BCUT2D eigenvalue weighted by atomic mass is 9.95. The highest BCUT2D eigenvalue weighted by molar-refractivity contribution is 7.16. The summed E-state index contributed by atoms with van der Waals surface area (Å²) in [6.07, 6.45) is 0.536. The maximum Gasteiger partial charge on any atom is 0.231 e. The van der Waals surface area contributed by atoms with Crippen molar-refractivity contribution in [2.75, 3.05) is 4.90 Å². The van der Waals surface area contributed by atoms with Crippen LogP contribution in [-0.2, 0) is 4.79 Å². The van der Waals surface area contributed by atoms with Gasteiger partial charge in [0.25, 0.3) is 0 Å². The van der Waals surface area contributed by atoms with Crippen molar-refractivity contribution in [1.29, 1.82) is 0 Å². The van der Waals surface area contributed by atoms with Crippen molar-refractivity contribution in [2.24, 2.45) is 0 Å². The fourth-order valence-electron chi connectivity index (χ4n) is 3.20. The number of β-lactam (4-membered cyclic amide) rings is 1. The predicted molar refractivity (Wildman–Crippen MR) is 110 cm³/mol. The number of hydrogen-bond acceptors (Lipinski definition) is 5. The zero-order chi connectivity index (χ0) is 18.2. The first kappa shape index (κ1) is 16.4. The van der Waals surface area contributed by atoms with Crippen LogP contribution >= 0.6 is 22.7 Å². The highest BCUT2D eigenvalue weighted by Crippen LogP contribution is 2.41. The Kier molecular flexibility index (Phi) is 4.07. The summed E-state index contributed by atoms with van der Waals surface area (Å²) < 4.78 is 0. The van der Waals surface area contributed by atoms with Crippen molar-refractivity contribution in [3.63, 3.8) is 0 Å². The number of aromatic nitrogens is 2. The van der Waals surface area contributed by atoms with Gasteiger partial charge in [-0.2, -0.15) is 0 Å². The molecule has 132 valence electrons. The molecule has 1 atom stereocenters. The second-order valence-corrected chi connectivity index (χ2v) is 8.01. The molecule has 4 aromatic rings. The Morgan fingerprint density at radius 3 is 2.30 bits per heavy atom. The average molecular weight is 390 g/mol. The van der Waals surface area contributed by atoms with E-state index in [1.54, 1.807) is 16.2 Å². The molecular formula is C21H15N3OS2. The molecule has 0 radical (unpaired) electrons. The number of anilines is 1. The van der Waals surface area contributed by atoms with Gasteiger partial charge in [0.1, 0.15) is 10.7 Å². The first-order valence-electron chi connectivity index (χ1n) is 8.63. The second-order valence-electron chi connectivity index (χ2n) is 6.31. The molecule has 1 amide bonds. The van der Waals surface area contributed by atoms with Gasteiger partial charge >= 0.3 is 0 Å². The quantitative estimate of drug-likeness (QED) is 0.438. The van der Waals surface area contributed by atoms with E-state index in [0.29, 0.717) is 6.42 Å². The Hall–Kier alpha value is -2.83. The van der Waals surface area contributed by atoms with Crippen molar-refractivity contribution < 1.29 is 4.79 Å². The lowest BCUT2D eigenvalue weighted by Crippen LogP contribution is -2.46. The Bertz CT molecular complexity index is 1090. The van der Waals surface area contributed by atoms with Gasteiger partial charge in [0.15, 0.2) is 5.13 Å². The lowest BCUT2D eigenvalue weighted by Gasteiger charge is -2.38. The average Bonchev–Trinajstić information content (AvgIpc) is 3.37. The number of nitrogens with zero attached hydrogens (tertiary/aromatic N) is 3. The van der Waals surface area contributed by atoms with Crippen LogP contribution in [0.5, 0.6) is 0 Å². The first-order valence-corrected chi connectivity index (χ1v) is 10.4. The molecule has 1 unspecified atom stereocenters. The number of benzene rings is 2. The lowest BCUT2D eigenvalue weighted by molar-refractivity contribution is -0.124. The second kappa shape index (κ2) is 6.72. The molecule has 0 saturated carbocycles. The van der Waals surface area contributed by atoms with Gasteiger partial charge in [-0.3, -0.25) is 9.69 Å². The van der Waals surface area contributed by atoms with Crippen molar-refractivity contribution in [3.8, 4) is 22.0 Å². The maximum absolute atomic E-state index is 12.2. The van der Waals surface area contributed by atoms with Crippen LogP contribution in [-0.4, -0.2) is 15.9 Å². The molecule has 0 spiro atoms. The molecule has 6 heteroatoms. The van der Waals surface area contributed by atoms with Crippen LogP contribution in [0, 0.1) is 0 Å². The van der Waals surface area contributed by atoms with Crippen LogP contribution in [0.1, 0.15) is 18.0 Å². The predicted octanol–water partition coefficient (Wildman–Crippen LogP) is 5.41. The molecule has 1 aliphatic rings. The SMILES string of the molecule is O=C1CC(c2ccccc2)N1c1nc(-c2nc(-c3ccccc3)cs2)cs1. The number of hydrogen-bond donors (Lipinski definition) is 0. The number of thiazole rings is 2. The van der Waals surface area contributed by atoms with Crippen LogP contribution in [0.4, 0.5) is 5.13 Å². The number of rotatable bonds is 4. The Balaban J connectivity index is 1.42. The molecule has 0 bridgehead atoms. The summed E-state index contributed by atoms with van der Waals surface area (Å²) in [5.41, 5.74) is 4.02. The largest absolute Gasteiger partial charge is 0.280 e. The third kappa shape index (κ3) is 2.97. The van der Waals surface area contributed by atoms with E-state index in [2.05, 4.69) is 24.3 Å². The van der Waals surface area contributed by atoms with E-state index in [9.17, 15) is 4.79 Å². The van der Waals surface area contributed by atoms with E-state index < -0.39 is 0 Å². The molecule has 1 aliphatic heterocycles. The van der Waals surface area contributed by atoms with Gasteiger partial charge in [-0.05, 0) is 5.56 Å². The van der Waals surface area contributed by atoms with Crippen LogP contribution in [0.15, 0.2) is 71.4 Å². The molecule has 27 heavy (non-hydrogen) atoms. The van der Waals surface area contributed by atoms with Gasteiger partial charge in [0, 0.05) is 16.3 Å². The van der Waals surface area contributed by atoms with Crippen molar-refractivity contribution in [1.82, 2.24) is 9.97 Å². The minimum atomic E-state index is 0.0777. The minimum absolute atomic E-state index is 0.0777. The van der Waals surface area contributed by atoms with Crippen LogP contribution in [0.3, 0.4) is 0 Å². The summed E-state index contributed by atoms with van der Waals surface area (Å²) in [5, 5.41) is 5.65. The smallest absolute Gasteiger partial charge is 0.231 e. The van der Waals surface area contributed by atoms with Gasteiger partial charge in [-0.1, -0.05) is 60.7 Å². The van der Waals surface area contributed by atoms with E-state index in [1.807, 2.05) is 47.2 Å². The van der Waals surface area contributed by atoms with E-state index >= 15 is 0 Å². The molecule has 2 aromatic heterocycles. The summed E-state index contributed by atoms with van der Waals surface area (Å²) >= 11 is 3.07. The molecule has 0 N–H and O–H groups in total. The summed E-state index contributed by atoms with van der Waals surface area (Å²) in [4.78, 5) is 23.5. The van der Waals surface area contributed by atoms with Gasteiger partial charge < -0.3 is 0 Å². The molecule has 1 fully saturated rings. The molecule has 4 nitrogen and oxygen atoms in total. The highest BCUT2D eigenvalue weighted by Gasteiger charge is 2.40. The van der Waals surface area contributed by atoms with Crippen molar-refractivity contribution in [2.45, 2.75) is 12.5 Å². The molecular weight excluding hydrogens is 374 g/mol. The topological polar surface area (TPSA) is 46.1 Å². The van der Waals surface area contributed by atoms with Crippen LogP contribution < -0.4 is 4.90 Å². The molecule has 3 heterocycles. The van der Waals surface area contributed by atoms with Gasteiger partial charge in [0.05, 0.1) is 18.2 Å². The standard InChI is InChI=1S/C21H15N3OS2/c25-19-11-18(15-9-5-2-6-10-15)24(19)21-23-17(13-27-21)20-22-16(12-26-20)14-7-3-1-4-8-14/h1-10,12-13,18H,11H2. The normalized spacial score (nSPS) is 16.4. The Labute approximate surface area is 164 Å². The van der Waals surface area contributed by atoms with Crippen molar-refractivity contribution >= 4 is 33.7 Å². The van der Waals surface area contributed by atoms with E-state index in [1.165, 1.54) is 11.3 Å². The maximum atomic E-state index is 12.2. The van der Waals surface area contributed by atoms with E-state index in [0.717, 1.165) is 32.7 Å². The zero-order valence-electron chi connectivity index (χ0n) is 14.3. The van der Waals surface area contributed by atoms with Gasteiger partial charge in [0.2, 0.25) is 5.91 Å². The van der Waals surface area contributed by atoms with E-state index in [4.69, 9.17) is 9.97 Å². The molecule has 2 aromatic carbocycles. The summed E-state index contributed by atoms with van der Waals surface area (Å²) in [6.45, 7) is 0.